The molecule has 0 aliphatic carbocycles. The molecular weight excluding hydrogens is 594 g/mol. The summed E-state index contributed by atoms with van der Waals surface area (Å²) in [6.07, 6.45) is 1.35. The highest BCUT2D eigenvalue weighted by molar-refractivity contribution is 6.03. The Bertz CT molecular complexity index is 1800. The van der Waals surface area contributed by atoms with Gasteiger partial charge in [-0.1, -0.05) is 79.7 Å². The Balaban J connectivity index is 1.26. The molecule has 9 nitrogen and oxygen atoms in total. The molecular formula is C38H37N3O6. The lowest BCUT2D eigenvalue weighted by Crippen LogP contribution is -2.37. The van der Waals surface area contributed by atoms with Gasteiger partial charge in [-0.3, -0.25) is 9.36 Å². The van der Waals surface area contributed by atoms with Crippen LogP contribution in [0.4, 0.5) is 5.82 Å². The highest BCUT2D eigenvalue weighted by Crippen LogP contribution is 2.43. The number of rotatable bonds is 11. The van der Waals surface area contributed by atoms with Gasteiger partial charge in [0.1, 0.15) is 29.1 Å². The van der Waals surface area contributed by atoms with Crippen LogP contribution in [0.2, 0.25) is 0 Å². The zero-order chi connectivity index (χ0) is 32.8. The van der Waals surface area contributed by atoms with Crippen molar-refractivity contribution in [2.24, 2.45) is 5.92 Å². The largest absolute Gasteiger partial charge is 0.497 e. The third kappa shape index (κ3) is 6.67. The Labute approximate surface area is 273 Å². The molecule has 9 heteroatoms. The fraction of sp³-hybridized carbons (Fsp3) is 0.237. The maximum absolute atomic E-state index is 13.1. The predicted octanol–water partition coefficient (Wildman–Crippen LogP) is 6.45. The van der Waals surface area contributed by atoms with Gasteiger partial charge in [0.25, 0.3) is 5.91 Å². The van der Waals surface area contributed by atoms with Crippen molar-refractivity contribution in [3.63, 3.8) is 0 Å². The fourth-order valence-electron chi connectivity index (χ4n) is 6.00. The lowest BCUT2D eigenvalue weighted by Gasteiger charge is -2.37. The smallest absolute Gasteiger partial charge is 0.351 e. The number of hydrogen-bond acceptors (Lipinski definition) is 7. The summed E-state index contributed by atoms with van der Waals surface area (Å²) in [5, 5.41) is 2.69. The molecule has 4 aromatic carbocycles. The van der Waals surface area contributed by atoms with Crippen LogP contribution in [0.3, 0.4) is 0 Å². The fourth-order valence-corrected chi connectivity index (χ4v) is 6.00. The Hall–Kier alpha value is -5.25. The van der Waals surface area contributed by atoms with Crippen molar-refractivity contribution >= 4 is 11.7 Å². The Morgan fingerprint density at radius 2 is 1.38 bits per heavy atom. The first-order chi connectivity index (χ1) is 22.9. The number of benzene rings is 4. The van der Waals surface area contributed by atoms with Crippen LogP contribution in [-0.4, -0.2) is 42.4 Å². The SMILES string of the molecule is COc1ccc(C(OC[C@@H]2OC(n3ccc(NC(=O)c4ccccc4)nc3=O)C[C@@H]2C)(c2ccccc2)c2ccc(OC)cc2)cc1. The molecule has 3 atom stereocenters. The maximum Gasteiger partial charge on any atom is 0.351 e. The molecule has 1 aliphatic heterocycles. The van der Waals surface area contributed by atoms with Crippen LogP contribution in [0.25, 0.3) is 0 Å². The Morgan fingerprint density at radius 1 is 0.830 bits per heavy atom. The van der Waals surface area contributed by atoms with Crippen molar-refractivity contribution in [3.8, 4) is 11.5 Å². The number of aromatic nitrogens is 2. The van der Waals surface area contributed by atoms with Crippen LogP contribution in [-0.2, 0) is 15.1 Å². The molecule has 1 aromatic heterocycles. The van der Waals surface area contributed by atoms with Crippen LogP contribution in [0, 0.1) is 5.92 Å². The van der Waals surface area contributed by atoms with E-state index in [9.17, 15) is 9.59 Å². The van der Waals surface area contributed by atoms with E-state index in [0.717, 1.165) is 28.2 Å². The minimum Gasteiger partial charge on any atom is -0.497 e. The highest BCUT2D eigenvalue weighted by atomic mass is 16.6. The summed E-state index contributed by atoms with van der Waals surface area (Å²) >= 11 is 0. The number of hydrogen-bond donors (Lipinski definition) is 1. The quantitative estimate of drug-likeness (QED) is 0.167. The van der Waals surface area contributed by atoms with Crippen molar-refractivity contribution in [3.05, 3.63) is 154 Å². The molecule has 1 amide bonds. The molecule has 0 spiro atoms. The van der Waals surface area contributed by atoms with Gasteiger partial charge < -0.3 is 24.3 Å². The van der Waals surface area contributed by atoms with Gasteiger partial charge in [0.15, 0.2) is 0 Å². The molecule has 1 N–H and O–H groups in total. The number of anilines is 1. The number of ether oxygens (including phenoxy) is 4. The number of nitrogens with zero attached hydrogens (tertiary/aromatic N) is 2. The van der Waals surface area contributed by atoms with Crippen molar-refractivity contribution < 1.29 is 23.7 Å². The first kappa shape index (κ1) is 31.7. The topological polar surface area (TPSA) is 101 Å². The van der Waals surface area contributed by atoms with Crippen molar-refractivity contribution in [2.45, 2.75) is 31.3 Å². The van der Waals surface area contributed by atoms with E-state index in [-0.39, 0.29) is 30.4 Å². The zero-order valence-corrected chi connectivity index (χ0v) is 26.5. The third-order valence-corrected chi connectivity index (χ3v) is 8.60. The zero-order valence-electron chi connectivity index (χ0n) is 26.5. The van der Waals surface area contributed by atoms with Crippen LogP contribution < -0.4 is 20.5 Å². The number of carbonyl (C=O) groups is 1. The van der Waals surface area contributed by atoms with Gasteiger partial charge in [0.05, 0.1) is 26.9 Å². The number of methoxy groups -OCH3 is 2. The molecule has 240 valence electrons. The van der Waals surface area contributed by atoms with Crippen molar-refractivity contribution in [2.75, 3.05) is 26.1 Å². The summed E-state index contributed by atoms with van der Waals surface area (Å²) in [5.41, 5.74) is 1.77. The van der Waals surface area contributed by atoms with Crippen LogP contribution in [0.1, 0.15) is 46.6 Å². The third-order valence-electron chi connectivity index (χ3n) is 8.60. The number of nitrogens with one attached hydrogen (secondary N) is 1. The summed E-state index contributed by atoms with van der Waals surface area (Å²) in [4.78, 5) is 29.8. The van der Waals surface area contributed by atoms with E-state index in [0.29, 0.717) is 12.0 Å². The van der Waals surface area contributed by atoms with Crippen molar-refractivity contribution in [1.29, 1.82) is 0 Å². The molecule has 1 aliphatic rings. The van der Waals surface area contributed by atoms with Crippen LogP contribution >= 0.6 is 0 Å². The summed E-state index contributed by atoms with van der Waals surface area (Å²) in [6, 6.07) is 36.2. The summed E-state index contributed by atoms with van der Waals surface area (Å²) < 4.78 is 25.9. The van der Waals surface area contributed by atoms with Gasteiger partial charge >= 0.3 is 5.69 Å². The minimum absolute atomic E-state index is 0.0737. The monoisotopic (exact) mass is 631 g/mol. The predicted molar refractivity (Wildman–Crippen MR) is 179 cm³/mol. The van der Waals surface area contributed by atoms with E-state index in [1.807, 2.05) is 72.8 Å². The lowest BCUT2D eigenvalue weighted by molar-refractivity contribution is -0.0836. The van der Waals surface area contributed by atoms with Crippen molar-refractivity contribution in [1.82, 2.24) is 9.55 Å². The van der Waals surface area contributed by atoms with Crippen LogP contribution in [0.15, 0.2) is 126 Å². The average molecular weight is 632 g/mol. The van der Waals surface area contributed by atoms with Gasteiger partial charge in [-0.15, -0.1) is 0 Å². The second kappa shape index (κ2) is 14.0. The highest BCUT2D eigenvalue weighted by Gasteiger charge is 2.41. The second-order valence-electron chi connectivity index (χ2n) is 11.5. The van der Waals surface area contributed by atoms with E-state index < -0.39 is 17.5 Å². The molecule has 0 radical (unpaired) electrons. The normalized spacial score (nSPS) is 17.6. The second-order valence-corrected chi connectivity index (χ2v) is 11.5. The van der Waals surface area contributed by atoms with Gasteiger partial charge in [-0.2, -0.15) is 4.98 Å². The molecule has 6 rings (SSSR count). The standard InChI is InChI=1S/C38H37N3O6/c1-26-24-35(41-23-22-34(40-37(41)43)39-36(42)27-10-6-4-7-11-27)47-33(26)25-46-38(28-12-8-5-9-13-28,29-14-18-31(44-2)19-15-29)30-16-20-32(45-3)21-17-30/h4-23,26,33,35H,24-25H2,1-3H3,(H,39,40,42,43)/t26-,33-,35?/m0/s1. The number of carbonyl (C=O) groups excluding carboxylic acids is 1. The molecule has 1 fully saturated rings. The van der Waals surface area contributed by atoms with E-state index in [4.69, 9.17) is 18.9 Å². The van der Waals surface area contributed by atoms with Gasteiger partial charge in [0.2, 0.25) is 0 Å². The lowest BCUT2D eigenvalue weighted by atomic mass is 9.80. The molecule has 0 saturated carbocycles. The first-order valence-corrected chi connectivity index (χ1v) is 15.5. The molecule has 1 saturated heterocycles. The van der Waals surface area contributed by atoms with Crippen LogP contribution in [0.5, 0.6) is 11.5 Å². The molecule has 2 heterocycles. The Kier molecular flexibility index (Phi) is 9.47. The van der Waals surface area contributed by atoms with Gasteiger partial charge in [-0.25, -0.2) is 4.79 Å². The Morgan fingerprint density at radius 3 is 1.94 bits per heavy atom. The summed E-state index contributed by atoms with van der Waals surface area (Å²) in [6.45, 7) is 2.34. The minimum atomic E-state index is -0.988. The van der Waals surface area contributed by atoms with E-state index >= 15 is 0 Å². The van der Waals surface area contributed by atoms with Gasteiger partial charge in [-0.05, 0) is 71.5 Å². The summed E-state index contributed by atoms with van der Waals surface area (Å²) in [7, 11) is 3.29. The maximum atomic E-state index is 13.1. The van der Waals surface area contributed by atoms with E-state index in [2.05, 4.69) is 29.4 Å². The molecule has 0 bridgehead atoms. The summed E-state index contributed by atoms with van der Waals surface area (Å²) in [5.74, 6) is 1.40. The molecule has 47 heavy (non-hydrogen) atoms. The molecule has 1 unspecified atom stereocenters. The molecule has 5 aromatic rings. The first-order valence-electron chi connectivity index (χ1n) is 15.5. The number of amides is 1. The van der Waals surface area contributed by atoms with Gasteiger partial charge in [0, 0.05) is 11.8 Å². The van der Waals surface area contributed by atoms with E-state index in [1.54, 1.807) is 50.7 Å². The average Bonchev–Trinajstić information content (AvgIpc) is 3.49. The van der Waals surface area contributed by atoms with E-state index in [1.165, 1.54) is 4.57 Å².